The van der Waals surface area contributed by atoms with Gasteiger partial charge in [0.15, 0.2) is 5.76 Å². The number of aromatic nitrogens is 1. The van der Waals surface area contributed by atoms with E-state index in [2.05, 4.69) is 15.6 Å². The Bertz CT molecular complexity index is 685. The van der Waals surface area contributed by atoms with Crippen LogP contribution in [0.15, 0.2) is 35.1 Å². The molecule has 0 aliphatic heterocycles. The molecule has 2 heterocycles. The molecule has 22 heavy (non-hydrogen) atoms. The average Bonchev–Trinajstić information content (AvgIpc) is 2.94. The smallest absolute Gasteiger partial charge is 0.292 e. The summed E-state index contributed by atoms with van der Waals surface area (Å²) in [5.41, 5.74) is 0.941. The van der Waals surface area contributed by atoms with Crippen molar-refractivity contribution < 1.29 is 14.0 Å². The number of hydrogen-bond acceptors (Lipinski definition) is 4. The first kappa shape index (κ1) is 15.8. The minimum absolute atomic E-state index is 0.0928. The molecule has 0 aliphatic carbocycles. The van der Waals surface area contributed by atoms with Crippen LogP contribution in [0.25, 0.3) is 0 Å². The van der Waals surface area contributed by atoms with Crippen molar-refractivity contribution in [2.24, 2.45) is 5.41 Å². The van der Waals surface area contributed by atoms with E-state index in [1.807, 2.05) is 27.7 Å². The predicted molar refractivity (Wildman–Crippen MR) is 83.7 cm³/mol. The molecule has 0 saturated heterocycles. The maximum atomic E-state index is 12.0. The highest BCUT2D eigenvalue weighted by atomic mass is 16.3. The SMILES string of the molecule is Cc1cc(NC(=O)c2ccco2)ncc1NC(=O)C(C)(C)C. The molecule has 2 aromatic rings. The summed E-state index contributed by atoms with van der Waals surface area (Å²) in [6.45, 7) is 7.34. The minimum Gasteiger partial charge on any atom is -0.459 e. The zero-order chi connectivity index (χ0) is 16.3. The molecular formula is C16H19N3O3. The molecule has 6 heteroatoms. The molecule has 0 atom stereocenters. The summed E-state index contributed by atoms with van der Waals surface area (Å²) in [6.07, 6.45) is 2.95. The molecule has 0 bridgehead atoms. The lowest BCUT2D eigenvalue weighted by molar-refractivity contribution is -0.123. The Morgan fingerprint density at radius 2 is 1.95 bits per heavy atom. The highest BCUT2D eigenvalue weighted by molar-refractivity contribution is 6.02. The Kier molecular flexibility index (Phi) is 4.30. The van der Waals surface area contributed by atoms with Crippen molar-refractivity contribution in [3.05, 3.63) is 42.0 Å². The van der Waals surface area contributed by atoms with Gasteiger partial charge in [0, 0.05) is 5.41 Å². The monoisotopic (exact) mass is 301 g/mol. The number of furan rings is 1. The molecule has 0 radical (unpaired) electrons. The normalized spacial score (nSPS) is 11.1. The first-order chi connectivity index (χ1) is 10.3. The lowest BCUT2D eigenvalue weighted by Crippen LogP contribution is -2.28. The van der Waals surface area contributed by atoms with Crippen LogP contribution in [0.2, 0.25) is 0 Å². The highest BCUT2D eigenvalue weighted by Gasteiger charge is 2.22. The van der Waals surface area contributed by atoms with E-state index in [1.54, 1.807) is 18.2 Å². The fourth-order valence-corrected chi connectivity index (χ4v) is 1.65. The van der Waals surface area contributed by atoms with Crippen LogP contribution in [0.3, 0.4) is 0 Å². The molecule has 0 aromatic carbocycles. The van der Waals surface area contributed by atoms with Crippen LogP contribution < -0.4 is 10.6 Å². The highest BCUT2D eigenvalue weighted by Crippen LogP contribution is 2.21. The van der Waals surface area contributed by atoms with Crippen molar-refractivity contribution >= 4 is 23.3 Å². The van der Waals surface area contributed by atoms with Gasteiger partial charge < -0.3 is 15.1 Å². The van der Waals surface area contributed by atoms with Crippen molar-refractivity contribution in [2.45, 2.75) is 27.7 Å². The summed E-state index contributed by atoms with van der Waals surface area (Å²) >= 11 is 0. The molecule has 2 aromatic heterocycles. The van der Waals surface area contributed by atoms with E-state index in [0.717, 1.165) is 5.56 Å². The Morgan fingerprint density at radius 1 is 1.23 bits per heavy atom. The number of anilines is 2. The van der Waals surface area contributed by atoms with E-state index in [4.69, 9.17) is 4.42 Å². The number of pyridine rings is 1. The van der Waals surface area contributed by atoms with E-state index in [9.17, 15) is 9.59 Å². The average molecular weight is 301 g/mol. The van der Waals surface area contributed by atoms with Crippen LogP contribution >= 0.6 is 0 Å². The van der Waals surface area contributed by atoms with Crippen LogP contribution in [0.5, 0.6) is 0 Å². The first-order valence-corrected chi connectivity index (χ1v) is 6.90. The third-order valence-corrected chi connectivity index (χ3v) is 3.03. The van der Waals surface area contributed by atoms with Gasteiger partial charge in [0.2, 0.25) is 5.91 Å². The maximum Gasteiger partial charge on any atom is 0.292 e. The second-order valence-corrected chi connectivity index (χ2v) is 6.02. The largest absolute Gasteiger partial charge is 0.459 e. The van der Waals surface area contributed by atoms with Gasteiger partial charge in [0.05, 0.1) is 18.1 Å². The molecule has 6 nitrogen and oxygen atoms in total. The number of carbonyl (C=O) groups excluding carboxylic acids is 2. The second-order valence-electron chi connectivity index (χ2n) is 6.02. The zero-order valence-corrected chi connectivity index (χ0v) is 13.1. The third-order valence-electron chi connectivity index (χ3n) is 3.03. The first-order valence-electron chi connectivity index (χ1n) is 6.90. The molecule has 0 spiro atoms. The number of carbonyl (C=O) groups is 2. The van der Waals surface area contributed by atoms with E-state index in [1.165, 1.54) is 12.5 Å². The summed E-state index contributed by atoms with van der Waals surface area (Å²) in [7, 11) is 0. The molecule has 116 valence electrons. The number of rotatable bonds is 3. The molecule has 2 amide bonds. The van der Waals surface area contributed by atoms with Gasteiger partial charge in [-0.2, -0.15) is 0 Å². The van der Waals surface area contributed by atoms with Crippen molar-refractivity contribution in [3.8, 4) is 0 Å². The zero-order valence-electron chi connectivity index (χ0n) is 13.1. The van der Waals surface area contributed by atoms with E-state index < -0.39 is 5.41 Å². The maximum absolute atomic E-state index is 12.0. The standard InChI is InChI=1S/C16H19N3O3/c1-10-8-13(19-14(20)12-6-5-7-22-12)17-9-11(10)18-15(21)16(2,3)4/h5-9H,1-4H3,(H,18,21)(H,17,19,20). The van der Waals surface area contributed by atoms with E-state index in [0.29, 0.717) is 11.5 Å². The molecule has 0 unspecified atom stereocenters. The van der Waals surface area contributed by atoms with Crippen LogP contribution in [0, 0.1) is 12.3 Å². The molecular weight excluding hydrogens is 282 g/mol. The number of nitrogens with one attached hydrogen (secondary N) is 2. The van der Waals surface area contributed by atoms with Crippen molar-refractivity contribution in [1.29, 1.82) is 0 Å². The molecule has 2 rings (SSSR count). The predicted octanol–water partition coefficient (Wildman–Crippen LogP) is 3.22. The van der Waals surface area contributed by atoms with Gasteiger partial charge in [-0.3, -0.25) is 9.59 Å². The lowest BCUT2D eigenvalue weighted by Gasteiger charge is -2.18. The van der Waals surface area contributed by atoms with Gasteiger partial charge in [-0.1, -0.05) is 20.8 Å². The minimum atomic E-state index is -0.487. The number of aryl methyl sites for hydroxylation is 1. The summed E-state index contributed by atoms with van der Waals surface area (Å²) in [4.78, 5) is 28.0. The Labute approximate surface area is 128 Å². The molecule has 0 fully saturated rings. The van der Waals surface area contributed by atoms with Gasteiger partial charge in [0.1, 0.15) is 5.82 Å². The van der Waals surface area contributed by atoms with Crippen molar-refractivity contribution in [3.63, 3.8) is 0 Å². The number of nitrogens with zero attached hydrogens (tertiary/aromatic N) is 1. The summed E-state index contributed by atoms with van der Waals surface area (Å²) in [5, 5.41) is 5.46. The topological polar surface area (TPSA) is 84.2 Å². The Balaban J connectivity index is 2.10. The summed E-state index contributed by atoms with van der Waals surface area (Å²) in [5.74, 6) is 0.144. The Hall–Kier alpha value is -2.63. The van der Waals surface area contributed by atoms with Gasteiger partial charge >= 0.3 is 0 Å². The van der Waals surface area contributed by atoms with E-state index >= 15 is 0 Å². The van der Waals surface area contributed by atoms with Gasteiger partial charge in [-0.15, -0.1) is 0 Å². The lowest BCUT2D eigenvalue weighted by atomic mass is 9.95. The second kappa shape index (κ2) is 6.01. The van der Waals surface area contributed by atoms with Crippen LogP contribution in [-0.2, 0) is 4.79 Å². The molecule has 2 N–H and O–H groups in total. The fourth-order valence-electron chi connectivity index (χ4n) is 1.65. The number of hydrogen-bond donors (Lipinski definition) is 2. The van der Waals surface area contributed by atoms with E-state index in [-0.39, 0.29) is 17.6 Å². The molecule has 0 aliphatic rings. The van der Waals surface area contributed by atoms with Crippen molar-refractivity contribution in [2.75, 3.05) is 10.6 Å². The van der Waals surface area contributed by atoms with Crippen LogP contribution in [0.1, 0.15) is 36.9 Å². The summed E-state index contributed by atoms with van der Waals surface area (Å²) in [6, 6.07) is 4.90. The quantitative estimate of drug-likeness (QED) is 0.911. The third kappa shape index (κ3) is 3.72. The van der Waals surface area contributed by atoms with Crippen molar-refractivity contribution in [1.82, 2.24) is 4.98 Å². The van der Waals surface area contributed by atoms with Crippen LogP contribution in [-0.4, -0.2) is 16.8 Å². The Morgan fingerprint density at radius 3 is 2.50 bits per heavy atom. The van der Waals surface area contributed by atoms with Gasteiger partial charge in [0.25, 0.3) is 5.91 Å². The molecule has 0 saturated carbocycles. The summed E-state index contributed by atoms with van der Waals surface area (Å²) < 4.78 is 5.01. The van der Waals surface area contributed by atoms with Crippen LogP contribution in [0.4, 0.5) is 11.5 Å². The fraction of sp³-hybridized carbons (Fsp3) is 0.312. The van der Waals surface area contributed by atoms with Gasteiger partial charge in [-0.25, -0.2) is 4.98 Å². The number of amides is 2. The van der Waals surface area contributed by atoms with Gasteiger partial charge in [-0.05, 0) is 30.7 Å².